The number of hydrogen-bond acceptors (Lipinski definition) is 4. The Kier molecular flexibility index (Phi) is 5.05. The highest BCUT2D eigenvalue weighted by atomic mass is 35.5. The van der Waals surface area contributed by atoms with Crippen LogP contribution in [0, 0.1) is 5.82 Å². The number of hydrogen-bond donors (Lipinski definition) is 1. The fraction of sp³-hybridized carbons (Fsp3) is 0.235. The Morgan fingerprint density at radius 1 is 1.25 bits per heavy atom. The third kappa shape index (κ3) is 3.89. The Balaban J connectivity index is 1.44. The summed E-state index contributed by atoms with van der Waals surface area (Å²) in [6.07, 6.45) is -0.116. The van der Waals surface area contributed by atoms with Crippen LogP contribution in [0.1, 0.15) is 5.56 Å². The summed E-state index contributed by atoms with van der Waals surface area (Å²) in [5.41, 5.74) is 0.188. The van der Waals surface area contributed by atoms with Crippen LogP contribution in [-0.2, 0) is 11.2 Å². The monoisotopic (exact) mass is 351 g/mol. The number of amides is 1. The molecular weight excluding hydrogens is 337 g/mol. The van der Waals surface area contributed by atoms with Gasteiger partial charge in [0.25, 0.3) is 0 Å². The van der Waals surface area contributed by atoms with Gasteiger partial charge in [0.15, 0.2) is 11.5 Å². The number of benzene rings is 2. The van der Waals surface area contributed by atoms with Crippen LogP contribution in [0.5, 0.6) is 17.2 Å². The zero-order valence-corrected chi connectivity index (χ0v) is 13.4. The third-order valence-electron chi connectivity index (χ3n) is 3.44. The van der Waals surface area contributed by atoms with Crippen LogP contribution in [0.15, 0.2) is 36.4 Å². The Morgan fingerprint density at radius 2 is 2.08 bits per heavy atom. The van der Waals surface area contributed by atoms with Crippen LogP contribution in [0.25, 0.3) is 0 Å². The zero-order chi connectivity index (χ0) is 16.9. The van der Waals surface area contributed by atoms with Crippen LogP contribution in [0.2, 0.25) is 5.02 Å². The topological polar surface area (TPSA) is 56.8 Å². The summed E-state index contributed by atoms with van der Waals surface area (Å²) in [6.45, 7) is 0.767. The third-order valence-corrected chi connectivity index (χ3v) is 3.79. The Morgan fingerprint density at radius 3 is 2.92 bits per heavy atom. The molecule has 7 heteroatoms. The van der Waals surface area contributed by atoms with E-state index in [9.17, 15) is 9.18 Å². The molecule has 24 heavy (non-hydrogen) atoms. The highest BCUT2D eigenvalue weighted by molar-refractivity contribution is 6.31. The first-order valence-electron chi connectivity index (χ1n) is 7.35. The van der Waals surface area contributed by atoms with E-state index in [-0.39, 0.29) is 36.3 Å². The quantitative estimate of drug-likeness (QED) is 0.813. The lowest BCUT2D eigenvalue weighted by atomic mass is 10.1. The van der Waals surface area contributed by atoms with E-state index < -0.39 is 5.82 Å². The Bertz CT molecular complexity index is 733. The van der Waals surface area contributed by atoms with Crippen LogP contribution >= 0.6 is 11.6 Å². The van der Waals surface area contributed by atoms with Gasteiger partial charge in [0, 0.05) is 16.7 Å². The first-order valence-corrected chi connectivity index (χ1v) is 7.73. The number of ether oxygens (including phenoxy) is 3. The molecule has 1 aliphatic rings. The molecular formula is C17H15ClFNO4. The molecule has 1 aliphatic heterocycles. The molecule has 1 heterocycles. The molecule has 0 saturated carbocycles. The molecule has 0 aliphatic carbocycles. The van der Waals surface area contributed by atoms with E-state index >= 15 is 0 Å². The summed E-state index contributed by atoms with van der Waals surface area (Å²) in [5, 5.41) is 2.90. The van der Waals surface area contributed by atoms with Gasteiger partial charge >= 0.3 is 0 Å². The molecule has 3 rings (SSSR count). The summed E-state index contributed by atoms with van der Waals surface area (Å²) in [4.78, 5) is 11.9. The first kappa shape index (κ1) is 16.4. The second-order valence-electron chi connectivity index (χ2n) is 5.09. The van der Waals surface area contributed by atoms with E-state index in [0.29, 0.717) is 23.8 Å². The number of carbonyl (C=O) groups excluding carboxylic acids is 1. The summed E-state index contributed by atoms with van der Waals surface area (Å²) < 4.78 is 29.6. The number of nitrogens with one attached hydrogen (secondary N) is 1. The van der Waals surface area contributed by atoms with Gasteiger partial charge in [0.1, 0.15) is 18.2 Å². The first-order chi connectivity index (χ1) is 11.6. The number of rotatable bonds is 6. The molecule has 1 N–H and O–H groups in total. The van der Waals surface area contributed by atoms with Crippen molar-refractivity contribution in [1.82, 2.24) is 5.32 Å². The molecule has 126 valence electrons. The zero-order valence-electron chi connectivity index (χ0n) is 12.7. The number of fused-ring (bicyclic) bond motifs is 1. The molecule has 0 fully saturated rings. The molecule has 2 aromatic rings. The Hall–Kier alpha value is -2.47. The van der Waals surface area contributed by atoms with Crippen LogP contribution < -0.4 is 19.5 Å². The van der Waals surface area contributed by atoms with Gasteiger partial charge in [-0.3, -0.25) is 4.79 Å². The maximum atomic E-state index is 13.6. The molecule has 0 spiro atoms. The van der Waals surface area contributed by atoms with Gasteiger partial charge in [-0.15, -0.1) is 0 Å². The van der Waals surface area contributed by atoms with E-state index in [2.05, 4.69) is 5.32 Å². The molecule has 0 unspecified atom stereocenters. The largest absolute Gasteiger partial charge is 0.492 e. The maximum Gasteiger partial charge on any atom is 0.231 e. The van der Waals surface area contributed by atoms with Gasteiger partial charge in [0.2, 0.25) is 12.7 Å². The predicted octanol–water partition coefficient (Wildman–Crippen LogP) is 2.95. The smallest absolute Gasteiger partial charge is 0.231 e. The predicted molar refractivity (Wildman–Crippen MR) is 86.2 cm³/mol. The molecule has 1 amide bonds. The summed E-state index contributed by atoms with van der Waals surface area (Å²) >= 11 is 5.89. The van der Waals surface area contributed by atoms with Crippen molar-refractivity contribution in [3.63, 3.8) is 0 Å². The van der Waals surface area contributed by atoms with Gasteiger partial charge in [0.05, 0.1) is 13.0 Å². The van der Waals surface area contributed by atoms with E-state index in [1.54, 1.807) is 24.3 Å². The summed E-state index contributed by atoms with van der Waals surface area (Å²) in [6, 6.07) is 9.57. The number of halogens is 2. The fourth-order valence-corrected chi connectivity index (χ4v) is 2.48. The number of carbonyl (C=O) groups is 1. The van der Waals surface area contributed by atoms with Gasteiger partial charge in [-0.25, -0.2) is 4.39 Å². The second kappa shape index (κ2) is 7.40. The van der Waals surface area contributed by atoms with Crippen molar-refractivity contribution in [2.75, 3.05) is 19.9 Å². The van der Waals surface area contributed by atoms with Gasteiger partial charge < -0.3 is 19.5 Å². The highest BCUT2D eigenvalue weighted by Gasteiger charge is 2.14. The Labute approximate surface area is 143 Å². The van der Waals surface area contributed by atoms with Crippen molar-refractivity contribution in [3.05, 3.63) is 52.8 Å². The summed E-state index contributed by atoms with van der Waals surface area (Å²) in [7, 11) is 0. The standard InChI is InChI=1S/C17H15ClFNO4/c18-13-2-1-3-14(19)12(13)9-17(21)20-6-7-22-11-4-5-15-16(8-11)24-10-23-15/h1-5,8H,6-7,9-10H2,(H,20,21). The fourth-order valence-electron chi connectivity index (χ4n) is 2.25. The molecule has 0 saturated heterocycles. The van der Waals surface area contributed by atoms with Crippen LogP contribution in [0.4, 0.5) is 4.39 Å². The molecule has 0 radical (unpaired) electrons. The lowest BCUT2D eigenvalue weighted by Gasteiger charge is -2.09. The van der Waals surface area contributed by atoms with Gasteiger partial charge in [-0.05, 0) is 24.3 Å². The highest BCUT2D eigenvalue weighted by Crippen LogP contribution is 2.34. The maximum absolute atomic E-state index is 13.6. The summed E-state index contributed by atoms with van der Waals surface area (Å²) in [5.74, 6) is 1.11. The molecule has 5 nitrogen and oxygen atoms in total. The van der Waals surface area contributed by atoms with Crippen molar-refractivity contribution in [2.24, 2.45) is 0 Å². The van der Waals surface area contributed by atoms with E-state index in [1.165, 1.54) is 12.1 Å². The minimum Gasteiger partial charge on any atom is -0.492 e. The van der Waals surface area contributed by atoms with Crippen molar-refractivity contribution in [2.45, 2.75) is 6.42 Å². The average molecular weight is 352 g/mol. The molecule has 2 aromatic carbocycles. The second-order valence-corrected chi connectivity index (χ2v) is 5.50. The van der Waals surface area contributed by atoms with Crippen molar-refractivity contribution in [3.8, 4) is 17.2 Å². The van der Waals surface area contributed by atoms with Crippen molar-refractivity contribution in [1.29, 1.82) is 0 Å². The van der Waals surface area contributed by atoms with Gasteiger partial charge in [-0.2, -0.15) is 0 Å². The molecule has 0 aromatic heterocycles. The minimum atomic E-state index is -0.491. The lowest BCUT2D eigenvalue weighted by molar-refractivity contribution is -0.120. The lowest BCUT2D eigenvalue weighted by Crippen LogP contribution is -2.29. The molecule has 0 bridgehead atoms. The van der Waals surface area contributed by atoms with E-state index in [0.717, 1.165) is 0 Å². The normalized spacial score (nSPS) is 12.1. The average Bonchev–Trinajstić information content (AvgIpc) is 3.03. The van der Waals surface area contributed by atoms with Gasteiger partial charge in [-0.1, -0.05) is 17.7 Å². The molecule has 0 atom stereocenters. The van der Waals surface area contributed by atoms with E-state index in [1.807, 2.05) is 0 Å². The van der Waals surface area contributed by atoms with Crippen LogP contribution in [0.3, 0.4) is 0 Å². The minimum absolute atomic E-state index is 0.116. The van der Waals surface area contributed by atoms with E-state index in [4.69, 9.17) is 25.8 Å². The van der Waals surface area contributed by atoms with Crippen LogP contribution in [-0.4, -0.2) is 25.9 Å². The SMILES string of the molecule is O=C(Cc1c(F)cccc1Cl)NCCOc1ccc2c(c1)OCO2. The van der Waals surface area contributed by atoms with Crippen molar-refractivity contribution >= 4 is 17.5 Å². The van der Waals surface area contributed by atoms with Crippen molar-refractivity contribution < 1.29 is 23.4 Å².